The molecule has 2 nitrogen and oxygen atoms in total. The zero-order chi connectivity index (χ0) is 16.8. The second-order valence-corrected chi connectivity index (χ2v) is 6.00. The Morgan fingerprint density at radius 3 is 1.87 bits per heavy atom. The van der Waals surface area contributed by atoms with Crippen molar-refractivity contribution in [1.29, 1.82) is 0 Å². The Kier molecular flexibility index (Phi) is 5.83. The van der Waals surface area contributed by atoms with Crippen LogP contribution in [0.2, 0.25) is 0 Å². The zero-order valence-corrected chi connectivity index (χ0v) is 14.5. The topological polar surface area (TPSA) is 33.1 Å². The number of phenolic OH excluding ortho intramolecular Hbond substituents is 1. The van der Waals surface area contributed by atoms with Gasteiger partial charge < -0.3 is 5.11 Å². The Hall–Kier alpha value is -2.26. The molecular formula is C20H21NOS. The fourth-order valence-electron chi connectivity index (χ4n) is 2.19. The van der Waals surface area contributed by atoms with E-state index in [9.17, 15) is 5.11 Å². The predicted octanol–water partition coefficient (Wildman–Crippen LogP) is 5.35. The van der Waals surface area contributed by atoms with Gasteiger partial charge >= 0.3 is 0 Å². The molecule has 0 aliphatic heterocycles. The summed E-state index contributed by atoms with van der Waals surface area (Å²) in [6, 6.07) is 17.8. The lowest BCUT2D eigenvalue weighted by Crippen LogP contribution is -1.86. The van der Waals surface area contributed by atoms with Gasteiger partial charge in [0.1, 0.15) is 5.75 Å². The number of aromatic nitrogens is 1. The summed E-state index contributed by atoms with van der Waals surface area (Å²) >= 11 is 4.08. The van der Waals surface area contributed by atoms with Crippen molar-refractivity contribution in [3.05, 3.63) is 77.6 Å². The van der Waals surface area contributed by atoms with Crippen molar-refractivity contribution in [2.24, 2.45) is 0 Å². The third kappa shape index (κ3) is 4.86. The fraction of sp³-hybridized carbons (Fsp3) is 0.150. The lowest BCUT2D eigenvalue weighted by Gasteiger charge is -2.08. The van der Waals surface area contributed by atoms with Gasteiger partial charge in [0.15, 0.2) is 0 Å². The van der Waals surface area contributed by atoms with Gasteiger partial charge in [-0.1, -0.05) is 24.3 Å². The number of benzene rings is 2. The largest absolute Gasteiger partial charge is 0.507 e. The maximum Gasteiger partial charge on any atom is 0.121 e. The number of thiol groups is 1. The SMILES string of the molecule is Cc1ccc(-c2cc(C)c(O)c(C)c2)cn1.Sc1ccccc1. The second kappa shape index (κ2) is 7.84. The van der Waals surface area contributed by atoms with Crippen LogP contribution in [0.15, 0.2) is 65.7 Å². The quantitative estimate of drug-likeness (QED) is 0.591. The molecule has 0 aliphatic carbocycles. The molecule has 0 saturated carbocycles. The monoisotopic (exact) mass is 323 g/mol. The first-order chi connectivity index (χ1) is 11.0. The molecule has 23 heavy (non-hydrogen) atoms. The van der Waals surface area contributed by atoms with Gasteiger partial charge in [-0.2, -0.15) is 0 Å². The Morgan fingerprint density at radius 2 is 1.43 bits per heavy atom. The van der Waals surface area contributed by atoms with Gasteiger partial charge in [-0.3, -0.25) is 4.98 Å². The summed E-state index contributed by atoms with van der Waals surface area (Å²) in [6.07, 6.45) is 1.86. The zero-order valence-electron chi connectivity index (χ0n) is 13.6. The summed E-state index contributed by atoms with van der Waals surface area (Å²) in [6.45, 7) is 5.79. The average Bonchev–Trinajstić information content (AvgIpc) is 2.54. The molecule has 0 atom stereocenters. The lowest BCUT2D eigenvalue weighted by molar-refractivity contribution is 0.467. The van der Waals surface area contributed by atoms with Gasteiger partial charge in [-0.05, 0) is 67.8 Å². The molecule has 0 aliphatic rings. The Bertz CT molecular complexity index is 744. The van der Waals surface area contributed by atoms with E-state index in [0.717, 1.165) is 32.8 Å². The average molecular weight is 323 g/mol. The van der Waals surface area contributed by atoms with E-state index in [4.69, 9.17) is 0 Å². The second-order valence-electron chi connectivity index (χ2n) is 5.48. The minimum Gasteiger partial charge on any atom is -0.507 e. The summed E-state index contributed by atoms with van der Waals surface area (Å²) in [4.78, 5) is 5.29. The van der Waals surface area contributed by atoms with Gasteiger partial charge in [0.05, 0.1) is 0 Å². The van der Waals surface area contributed by atoms with Crippen molar-refractivity contribution in [2.45, 2.75) is 25.7 Å². The highest BCUT2D eigenvalue weighted by molar-refractivity contribution is 7.80. The molecule has 1 aromatic heterocycles. The third-order valence-corrected chi connectivity index (χ3v) is 3.79. The van der Waals surface area contributed by atoms with Crippen LogP contribution in [0.1, 0.15) is 16.8 Å². The summed E-state index contributed by atoms with van der Waals surface area (Å²) in [7, 11) is 0. The molecular weight excluding hydrogens is 302 g/mol. The number of rotatable bonds is 1. The van der Waals surface area contributed by atoms with Crippen LogP contribution in [-0.4, -0.2) is 10.1 Å². The van der Waals surface area contributed by atoms with Gasteiger partial charge in [-0.15, -0.1) is 12.6 Å². The van der Waals surface area contributed by atoms with Crippen LogP contribution < -0.4 is 0 Å². The molecule has 0 spiro atoms. The standard InChI is InChI=1S/C14H15NO.C6H6S/c1-9-6-13(7-10(2)14(9)16)12-5-4-11(3)15-8-12;7-6-4-2-1-3-5-6/h4-8,16H,1-3H3;1-5,7H. The van der Waals surface area contributed by atoms with Crippen LogP contribution in [-0.2, 0) is 0 Å². The number of hydrogen-bond acceptors (Lipinski definition) is 3. The molecule has 3 heteroatoms. The van der Waals surface area contributed by atoms with Crippen LogP contribution in [0.3, 0.4) is 0 Å². The molecule has 3 aromatic rings. The first kappa shape index (κ1) is 17.1. The summed E-state index contributed by atoms with van der Waals surface area (Å²) in [5.41, 5.74) is 4.99. The summed E-state index contributed by atoms with van der Waals surface area (Å²) < 4.78 is 0. The van der Waals surface area contributed by atoms with E-state index in [1.54, 1.807) is 0 Å². The van der Waals surface area contributed by atoms with Crippen molar-refractivity contribution in [2.75, 3.05) is 0 Å². The number of hydrogen-bond donors (Lipinski definition) is 2. The molecule has 0 fully saturated rings. The van der Waals surface area contributed by atoms with Gasteiger partial charge in [0.2, 0.25) is 0 Å². The van der Waals surface area contributed by atoms with E-state index in [2.05, 4.69) is 17.6 Å². The molecule has 118 valence electrons. The molecule has 0 unspecified atom stereocenters. The number of aryl methyl sites for hydroxylation is 3. The normalized spacial score (nSPS) is 9.91. The van der Waals surface area contributed by atoms with Gasteiger partial charge in [-0.25, -0.2) is 0 Å². The Labute approximate surface area is 143 Å². The number of pyridine rings is 1. The van der Waals surface area contributed by atoms with E-state index in [-0.39, 0.29) is 0 Å². The molecule has 0 amide bonds. The van der Waals surface area contributed by atoms with Crippen molar-refractivity contribution >= 4 is 12.6 Å². The van der Waals surface area contributed by atoms with E-state index in [0.29, 0.717) is 5.75 Å². The minimum atomic E-state index is 0.379. The Morgan fingerprint density at radius 1 is 0.826 bits per heavy atom. The molecule has 0 saturated heterocycles. The highest BCUT2D eigenvalue weighted by atomic mass is 32.1. The summed E-state index contributed by atoms with van der Waals surface area (Å²) in [5, 5.41) is 9.71. The van der Waals surface area contributed by atoms with Crippen LogP contribution in [0.5, 0.6) is 5.75 Å². The fourth-order valence-corrected chi connectivity index (χ4v) is 2.36. The van der Waals surface area contributed by atoms with E-state index in [1.807, 2.05) is 81.6 Å². The van der Waals surface area contributed by atoms with Crippen molar-refractivity contribution in [3.8, 4) is 16.9 Å². The van der Waals surface area contributed by atoms with E-state index >= 15 is 0 Å². The highest BCUT2D eigenvalue weighted by Crippen LogP contribution is 2.28. The van der Waals surface area contributed by atoms with Crippen molar-refractivity contribution in [1.82, 2.24) is 4.98 Å². The molecule has 0 bridgehead atoms. The van der Waals surface area contributed by atoms with Crippen LogP contribution in [0.25, 0.3) is 11.1 Å². The third-order valence-electron chi connectivity index (χ3n) is 3.49. The van der Waals surface area contributed by atoms with E-state index < -0.39 is 0 Å². The van der Waals surface area contributed by atoms with Crippen molar-refractivity contribution in [3.63, 3.8) is 0 Å². The molecule has 1 heterocycles. The molecule has 1 N–H and O–H groups in total. The number of nitrogens with zero attached hydrogens (tertiary/aromatic N) is 1. The highest BCUT2D eigenvalue weighted by Gasteiger charge is 2.05. The van der Waals surface area contributed by atoms with Crippen LogP contribution >= 0.6 is 12.6 Å². The maximum atomic E-state index is 9.71. The van der Waals surface area contributed by atoms with Gasteiger partial charge in [0.25, 0.3) is 0 Å². The lowest BCUT2D eigenvalue weighted by atomic mass is 10.0. The minimum absolute atomic E-state index is 0.379. The van der Waals surface area contributed by atoms with Crippen LogP contribution in [0, 0.1) is 20.8 Å². The maximum absolute atomic E-state index is 9.71. The molecule has 3 rings (SSSR count). The number of phenols is 1. The van der Waals surface area contributed by atoms with Gasteiger partial charge in [0, 0.05) is 22.3 Å². The summed E-state index contributed by atoms with van der Waals surface area (Å²) in [5.74, 6) is 0.379. The van der Waals surface area contributed by atoms with Crippen LogP contribution in [0.4, 0.5) is 0 Å². The first-order valence-electron chi connectivity index (χ1n) is 7.44. The molecule has 0 radical (unpaired) electrons. The van der Waals surface area contributed by atoms with Crippen molar-refractivity contribution < 1.29 is 5.11 Å². The number of aromatic hydroxyl groups is 1. The van der Waals surface area contributed by atoms with E-state index in [1.165, 1.54) is 0 Å². The predicted molar refractivity (Wildman–Crippen MR) is 99.2 cm³/mol. The first-order valence-corrected chi connectivity index (χ1v) is 7.89. The smallest absolute Gasteiger partial charge is 0.121 e. The molecule has 2 aromatic carbocycles. The Balaban J connectivity index is 0.000000229.